The quantitative estimate of drug-likeness (QED) is 0.726. The summed E-state index contributed by atoms with van der Waals surface area (Å²) in [6, 6.07) is 4.95. The van der Waals surface area contributed by atoms with Crippen molar-refractivity contribution in [1.29, 1.82) is 0 Å². The minimum absolute atomic E-state index is 0.00608. The van der Waals surface area contributed by atoms with Crippen LogP contribution in [0.3, 0.4) is 0 Å². The Hall–Kier alpha value is -1.55. The standard InChI is InChI=1S/C13H20N2O2/c1-3-4-10(14)8-15-13(17)11-6-5-9(2)7-12(11)16/h5-7,10,16H,3-4,8,14H2,1-2H3,(H,15,17). The summed E-state index contributed by atoms with van der Waals surface area (Å²) in [7, 11) is 0. The van der Waals surface area contributed by atoms with Gasteiger partial charge >= 0.3 is 0 Å². The number of hydrogen-bond donors (Lipinski definition) is 3. The van der Waals surface area contributed by atoms with Crippen molar-refractivity contribution in [3.05, 3.63) is 29.3 Å². The lowest BCUT2D eigenvalue weighted by molar-refractivity contribution is 0.0948. The summed E-state index contributed by atoms with van der Waals surface area (Å²) < 4.78 is 0. The number of benzene rings is 1. The molecule has 4 heteroatoms. The second-order valence-corrected chi connectivity index (χ2v) is 4.28. The molecule has 1 rings (SSSR count). The van der Waals surface area contributed by atoms with E-state index in [9.17, 15) is 9.90 Å². The van der Waals surface area contributed by atoms with Gasteiger partial charge in [0.2, 0.25) is 0 Å². The number of aromatic hydroxyl groups is 1. The largest absolute Gasteiger partial charge is 0.507 e. The first-order valence-electron chi connectivity index (χ1n) is 5.88. The van der Waals surface area contributed by atoms with Crippen molar-refractivity contribution in [2.75, 3.05) is 6.54 Å². The van der Waals surface area contributed by atoms with Crippen LogP contribution in [0.25, 0.3) is 0 Å². The average molecular weight is 236 g/mol. The van der Waals surface area contributed by atoms with Crippen LogP contribution in [0.4, 0.5) is 0 Å². The van der Waals surface area contributed by atoms with Gasteiger partial charge in [-0.05, 0) is 31.0 Å². The molecule has 1 unspecified atom stereocenters. The third kappa shape index (κ3) is 4.07. The number of hydrogen-bond acceptors (Lipinski definition) is 3. The third-order valence-corrected chi connectivity index (χ3v) is 2.58. The molecule has 1 aromatic carbocycles. The molecule has 1 amide bonds. The molecular formula is C13H20N2O2. The highest BCUT2D eigenvalue weighted by atomic mass is 16.3. The predicted molar refractivity (Wildman–Crippen MR) is 68.1 cm³/mol. The van der Waals surface area contributed by atoms with E-state index in [0.717, 1.165) is 18.4 Å². The second-order valence-electron chi connectivity index (χ2n) is 4.28. The van der Waals surface area contributed by atoms with Gasteiger partial charge in [-0.2, -0.15) is 0 Å². The van der Waals surface area contributed by atoms with Crippen molar-refractivity contribution in [2.45, 2.75) is 32.7 Å². The molecule has 0 aromatic heterocycles. The van der Waals surface area contributed by atoms with E-state index in [0.29, 0.717) is 12.1 Å². The van der Waals surface area contributed by atoms with Crippen molar-refractivity contribution in [1.82, 2.24) is 5.32 Å². The lowest BCUT2D eigenvalue weighted by Gasteiger charge is -2.12. The van der Waals surface area contributed by atoms with E-state index in [1.54, 1.807) is 18.2 Å². The van der Waals surface area contributed by atoms with Gasteiger partial charge in [0.15, 0.2) is 0 Å². The maximum Gasteiger partial charge on any atom is 0.255 e. The van der Waals surface area contributed by atoms with Crippen LogP contribution < -0.4 is 11.1 Å². The van der Waals surface area contributed by atoms with Crippen molar-refractivity contribution in [2.24, 2.45) is 5.73 Å². The molecule has 4 N–H and O–H groups in total. The van der Waals surface area contributed by atoms with E-state index < -0.39 is 0 Å². The molecule has 17 heavy (non-hydrogen) atoms. The Morgan fingerprint density at radius 3 is 2.82 bits per heavy atom. The normalized spacial score (nSPS) is 12.2. The van der Waals surface area contributed by atoms with Crippen LogP contribution in [0.1, 0.15) is 35.7 Å². The molecular weight excluding hydrogens is 216 g/mol. The van der Waals surface area contributed by atoms with E-state index in [4.69, 9.17) is 5.73 Å². The zero-order chi connectivity index (χ0) is 12.8. The molecule has 1 aromatic rings. The fraction of sp³-hybridized carbons (Fsp3) is 0.462. The molecule has 0 fully saturated rings. The zero-order valence-corrected chi connectivity index (χ0v) is 10.4. The highest BCUT2D eigenvalue weighted by Crippen LogP contribution is 2.17. The van der Waals surface area contributed by atoms with E-state index in [1.165, 1.54) is 0 Å². The van der Waals surface area contributed by atoms with Crippen LogP contribution in [0.2, 0.25) is 0 Å². The summed E-state index contributed by atoms with van der Waals surface area (Å²) in [5.74, 6) is -0.277. The van der Waals surface area contributed by atoms with Gasteiger partial charge in [0.1, 0.15) is 5.75 Å². The molecule has 94 valence electrons. The van der Waals surface area contributed by atoms with Gasteiger partial charge in [0, 0.05) is 12.6 Å². The average Bonchev–Trinajstić information content (AvgIpc) is 2.26. The lowest BCUT2D eigenvalue weighted by Crippen LogP contribution is -2.37. The minimum atomic E-state index is -0.283. The van der Waals surface area contributed by atoms with Crippen molar-refractivity contribution in [3.8, 4) is 5.75 Å². The van der Waals surface area contributed by atoms with Crippen LogP contribution in [-0.2, 0) is 0 Å². The van der Waals surface area contributed by atoms with E-state index in [-0.39, 0.29) is 17.7 Å². The smallest absolute Gasteiger partial charge is 0.255 e. The molecule has 1 atom stereocenters. The number of carbonyl (C=O) groups is 1. The fourth-order valence-corrected chi connectivity index (χ4v) is 1.63. The number of nitrogens with one attached hydrogen (secondary N) is 1. The Kier molecular flexibility index (Phi) is 4.97. The molecule has 0 bridgehead atoms. The summed E-state index contributed by atoms with van der Waals surface area (Å²) in [6.45, 7) is 4.34. The molecule has 0 spiro atoms. The number of phenols is 1. The Morgan fingerprint density at radius 1 is 1.53 bits per heavy atom. The molecule has 0 aliphatic heterocycles. The number of rotatable bonds is 5. The molecule has 0 aliphatic rings. The van der Waals surface area contributed by atoms with E-state index in [2.05, 4.69) is 5.32 Å². The minimum Gasteiger partial charge on any atom is -0.507 e. The first-order chi connectivity index (χ1) is 8.04. The predicted octanol–water partition coefficient (Wildman–Crippen LogP) is 1.56. The summed E-state index contributed by atoms with van der Waals surface area (Å²) in [4.78, 5) is 11.8. The van der Waals surface area contributed by atoms with E-state index >= 15 is 0 Å². The molecule has 0 heterocycles. The number of aryl methyl sites for hydroxylation is 1. The monoisotopic (exact) mass is 236 g/mol. The van der Waals surface area contributed by atoms with Gasteiger partial charge < -0.3 is 16.2 Å². The highest BCUT2D eigenvalue weighted by Gasteiger charge is 2.11. The Bertz CT molecular complexity index is 391. The number of carbonyl (C=O) groups excluding carboxylic acids is 1. The number of nitrogens with two attached hydrogens (primary N) is 1. The topological polar surface area (TPSA) is 75.3 Å². The maximum atomic E-state index is 11.8. The van der Waals surface area contributed by atoms with Crippen LogP contribution in [0.5, 0.6) is 5.75 Å². The van der Waals surface area contributed by atoms with Crippen molar-refractivity contribution in [3.63, 3.8) is 0 Å². The number of amides is 1. The summed E-state index contributed by atoms with van der Waals surface area (Å²) in [5, 5.41) is 12.4. The van der Waals surface area contributed by atoms with Gasteiger partial charge in [-0.25, -0.2) is 0 Å². The van der Waals surface area contributed by atoms with E-state index in [1.807, 2.05) is 13.8 Å². The summed E-state index contributed by atoms with van der Waals surface area (Å²) in [6.07, 6.45) is 1.87. The summed E-state index contributed by atoms with van der Waals surface area (Å²) in [5.41, 5.74) is 7.00. The van der Waals surface area contributed by atoms with Crippen LogP contribution in [0, 0.1) is 6.92 Å². The van der Waals surface area contributed by atoms with Crippen molar-refractivity contribution < 1.29 is 9.90 Å². The van der Waals surface area contributed by atoms with Crippen LogP contribution >= 0.6 is 0 Å². The first kappa shape index (κ1) is 13.5. The van der Waals surface area contributed by atoms with Crippen LogP contribution in [-0.4, -0.2) is 23.6 Å². The van der Waals surface area contributed by atoms with Gasteiger partial charge in [-0.15, -0.1) is 0 Å². The first-order valence-corrected chi connectivity index (χ1v) is 5.88. The molecule has 0 aliphatic carbocycles. The number of phenolic OH excluding ortho intramolecular Hbond substituents is 1. The Morgan fingerprint density at radius 2 is 2.24 bits per heavy atom. The van der Waals surface area contributed by atoms with Gasteiger partial charge in [0.05, 0.1) is 5.56 Å². The Labute approximate surface area is 102 Å². The molecule has 0 saturated heterocycles. The van der Waals surface area contributed by atoms with Gasteiger partial charge in [0.25, 0.3) is 5.91 Å². The molecule has 0 radical (unpaired) electrons. The molecule has 4 nitrogen and oxygen atoms in total. The molecule has 0 saturated carbocycles. The highest BCUT2D eigenvalue weighted by molar-refractivity contribution is 5.96. The summed E-state index contributed by atoms with van der Waals surface area (Å²) >= 11 is 0. The maximum absolute atomic E-state index is 11.8. The van der Waals surface area contributed by atoms with Crippen LogP contribution in [0.15, 0.2) is 18.2 Å². The zero-order valence-electron chi connectivity index (χ0n) is 10.4. The SMILES string of the molecule is CCCC(N)CNC(=O)c1ccc(C)cc1O. The van der Waals surface area contributed by atoms with Crippen molar-refractivity contribution >= 4 is 5.91 Å². The second kappa shape index (κ2) is 6.25. The fourth-order valence-electron chi connectivity index (χ4n) is 1.63. The lowest BCUT2D eigenvalue weighted by atomic mass is 10.1. The van der Waals surface area contributed by atoms with Gasteiger partial charge in [-0.3, -0.25) is 4.79 Å². The Balaban J connectivity index is 2.58. The van der Waals surface area contributed by atoms with Gasteiger partial charge in [-0.1, -0.05) is 19.4 Å². The third-order valence-electron chi connectivity index (χ3n) is 2.58.